The predicted molar refractivity (Wildman–Crippen MR) is 84.1 cm³/mol. The number of hydrogen-bond acceptors (Lipinski definition) is 4. The summed E-state index contributed by atoms with van der Waals surface area (Å²) in [6.45, 7) is 7.50. The van der Waals surface area contributed by atoms with Crippen molar-refractivity contribution in [2.24, 2.45) is 11.3 Å². The van der Waals surface area contributed by atoms with Crippen LogP contribution in [0.2, 0.25) is 0 Å². The van der Waals surface area contributed by atoms with Gasteiger partial charge in [0.15, 0.2) is 0 Å². The van der Waals surface area contributed by atoms with Crippen LogP contribution in [0.4, 0.5) is 0 Å². The molecule has 5 nitrogen and oxygen atoms in total. The zero-order chi connectivity index (χ0) is 16.1. The fourth-order valence-corrected chi connectivity index (χ4v) is 4.44. The predicted octanol–water partition coefficient (Wildman–Crippen LogP) is 2.77. The number of likely N-dealkylation sites (tertiary alicyclic amines) is 1. The first-order valence-corrected chi connectivity index (χ1v) is 8.59. The molecule has 0 aromatic carbocycles. The van der Waals surface area contributed by atoms with Crippen molar-refractivity contribution in [2.45, 2.75) is 45.4 Å². The van der Waals surface area contributed by atoms with Crippen LogP contribution in [0.3, 0.4) is 0 Å². The third-order valence-corrected chi connectivity index (χ3v) is 5.82. The highest BCUT2D eigenvalue weighted by Crippen LogP contribution is 2.59. The molecular formula is C16H22N2O3S. The highest BCUT2D eigenvalue weighted by molar-refractivity contribution is 7.11. The molecular weight excluding hydrogens is 300 g/mol. The third-order valence-electron chi connectivity index (χ3n) is 5.01. The number of amides is 1. The molecule has 0 bridgehead atoms. The molecule has 22 heavy (non-hydrogen) atoms. The Bertz CT molecular complexity index is 609. The van der Waals surface area contributed by atoms with E-state index in [2.05, 4.69) is 25.8 Å². The lowest BCUT2D eigenvalue weighted by atomic mass is 9.89. The van der Waals surface area contributed by atoms with Crippen molar-refractivity contribution in [3.63, 3.8) is 0 Å². The number of aliphatic carboxylic acids is 1. The lowest BCUT2D eigenvalue weighted by Gasteiger charge is -2.33. The minimum atomic E-state index is -0.683. The molecule has 2 fully saturated rings. The summed E-state index contributed by atoms with van der Waals surface area (Å²) in [5.74, 6) is -0.828. The van der Waals surface area contributed by atoms with E-state index in [1.54, 1.807) is 5.51 Å². The number of carbonyl (C=O) groups is 2. The molecule has 2 heterocycles. The summed E-state index contributed by atoms with van der Waals surface area (Å²) in [5.41, 5.74) is 2.41. The number of piperidine rings is 1. The van der Waals surface area contributed by atoms with Gasteiger partial charge in [-0.3, -0.25) is 9.59 Å². The van der Waals surface area contributed by atoms with Crippen molar-refractivity contribution in [1.82, 2.24) is 9.88 Å². The van der Waals surface area contributed by atoms with Crippen LogP contribution in [0, 0.1) is 11.3 Å². The lowest BCUT2D eigenvalue weighted by molar-refractivity contribution is -0.139. The van der Waals surface area contributed by atoms with E-state index in [4.69, 9.17) is 5.11 Å². The van der Waals surface area contributed by atoms with Gasteiger partial charge in [0.1, 0.15) is 4.88 Å². The van der Waals surface area contributed by atoms with Crippen molar-refractivity contribution in [1.29, 1.82) is 0 Å². The fraction of sp³-hybridized carbons (Fsp3) is 0.688. The van der Waals surface area contributed by atoms with Gasteiger partial charge in [0.2, 0.25) is 0 Å². The maximum atomic E-state index is 12.8. The largest absolute Gasteiger partial charge is 0.481 e. The molecule has 6 heteroatoms. The second-order valence-corrected chi connectivity index (χ2v) is 8.38. The van der Waals surface area contributed by atoms with Crippen LogP contribution in [0.5, 0.6) is 0 Å². The maximum absolute atomic E-state index is 12.8. The molecule has 2 aliphatic rings. The van der Waals surface area contributed by atoms with Crippen LogP contribution in [0.15, 0.2) is 5.51 Å². The van der Waals surface area contributed by atoms with Crippen LogP contribution in [0.1, 0.15) is 55.4 Å². The van der Waals surface area contributed by atoms with Crippen LogP contribution in [-0.2, 0) is 10.2 Å². The molecule has 1 atom stereocenters. The molecule has 120 valence electrons. The second-order valence-electron chi connectivity index (χ2n) is 7.53. The van der Waals surface area contributed by atoms with Crippen LogP contribution >= 0.6 is 11.3 Å². The van der Waals surface area contributed by atoms with E-state index in [9.17, 15) is 9.59 Å². The molecule has 1 aromatic rings. The molecule has 1 saturated heterocycles. The summed E-state index contributed by atoms with van der Waals surface area (Å²) in [6.07, 6.45) is 2.39. The molecule has 1 N–H and O–H groups in total. The van der Waals surface area contributed by atoms with Crippen molar-refractivity contribution < 1.29 is 14.7 Å². The van der Waals surface area contributed by atoms with Gasteiger partial charge in [0.05, 0.1) is 17.1 Å². The van der Waals surface area contributed by atoms with Crippen LogP contribution in [0.25, 0.3) is 0 Å². The Balaban J connectivity index is 1.69. The van der Waals surface area contributed by atoms with E-state index in [0.29, 0.717) is 13.1 Å². The van der Waals surface area contributed by atoms with Crippen molar-refractivity contribution >= 4 is 23.2 Å². The molecule has 1 saturated carbocycles. The number of hydrogen-bond donors (Lipinski definition) is 1. The van der Waals surface area contributed by atoms with Gasteiger partial charge in [-0.05, 0) is 24.7 Å². The zero-order valence-electron chi connectivity index (χ0n) is 13.3. The Morgan fingerprint density at radius 1 is 1.36 bits per heavy atom. The highest BCUT2D eigenvalue weighted by Gasteiger charge is 2.59. The number of carboxylic acids is 1. The summed E-state index contributed by atoms with van der Waals surface area (Å²) in [5, 5.41) is 9.13. The first kappa shape index (κ1) is 15.5. The molecule has 1 unspecified atom stereocenters. The van der Waals surface area contributed by atoms with Gasteiger partial charge in [0.25, 0.3) is 5.91 Å². The fourth-order valence-electron chi connectivity index (χ4n) is 3.48. The van der Waals surface area contributed by atoms with E-state index in [1.165, 1.54) is 11.3 Å². The van der Waals surface area contributed by atoms with Gasteiger partial charge in [-0.2, -0.15) is 0 Å². The molecule has 1 amide bonds. The minimum Gasteiger partial charge on any atom is -0.481 e. The Hall–Kier alpha value is -1.43. The van der Waals surface area contributed by atoms with Crippen LogP contribution < -0.4 is 0 Å². The van der Waals surface area contributed by atoms with E-state index in [0.717, 1.165) is 29.8 Å². The topological polar surface area (TPSA) is 70.5 Å². The summed E-state index contributed by atoms with van der Waals surface area (Å²) >= 11 is 1.40. The Morgan fingerprint density at radius 2 is 2.00 bits per heavy atom. The third kappa shape index (κ3) is 2.53. The summed E-state index contributed by atoms with van der Waals surface area (Å²) in [4.78, 5) is 30.8. The average Bonchev–Trinajstić information content (AvgIpc) is 2.93. The molecule has 0 radical (unpaired) electrons. The monoisotopic (exact) mass is 322 g/mol. The number of thiazole rings is 1. The normalized spacial score (nSPS) is 23.6. The Morgan fingerprint density at radius 3 is 2.50 bits per heavy atom. The standard InChI is InChI=1S/C16H22N2O3S/c1-15(2,3)12-11(22-9-17-12)13(19)18-6-4-16(5-7-18)8-10(16)14(20)21/h9-10H,4-8H2,1-3H3,(H,20,21). The first-order chi connectivity index (χ1) is 10.2. The van der Waals surface area contributed by atoms with E-state index < -0.39 is 5.97 Å². The number of rotatable bonds is 2. The molecule has 1 aromatic heterocycles. The van der Waals surface area contributed by atoms with Gasteiger partial charge < -0.3 is 10.0 Å². The van der Waals surface area contributed by atoms with Crippen molar-refractivity contribution in [3.05, 3.63) is 16.1 Å². The summed E-state index contributed by atoms with van der Waals surface area (Å²) in [7, 11) is 0. The van der Waals surface area contributed by atoms with E-state index in [-0.39, 0.29) is 22.7 Å². The van der Waals surface area contributed by atoms with Crippen molar-refractivity contribution in [2.75, 3.05) is 13.1 Å². The van der Waals surface area contributed by atoms with Crippen LogP contribution in [-0.4, -0.2) is 40.0 Å². The number of carbonyl (C=O) groups excluding carboxylic acids is 1. The number of carboxylic acid groups (broad SMARTS) is 1. The second kappa shape index (κ2) is 5.05. The Labute approximate surface area is 134 Å². The molecule has 1 aliphatic heterocycles. The molecule has 1 spiro atoms. The van der Waals surface area contributed by atoms with E-state index >= 15 is 0 Å². The quantitative estimate of drug-likeness (QED) is 0.909. The van der Waals surface area contributed by atoms with Gasteiger partial charge in [0, 0.05) is 18.5 Å². The summed E-state index contributed by atoms with van der Waals surface area (Å²) < 4.78 is 0. The van der Waals surface area contributed by atoms with Crippen molar-refractivity contribution in [3.8, 4) is 0 Å². The SMILES string of the molecule is CC(C)(C)c1ncsc1C(=O)N1CCC2(CC1)CC2C(=O)O. The average molecular weight is 322 g/mol. The zero-order valence-corrected chi connectivity index (χ0v) is 14.1. The lowest BCUT2D eigenvalue weighted by Crippen LogP contribution is -2.40. The van der Waals surface area contributed by atoms with E-state index in [1.807, 2.05) is 4.90 Å². The smallest absolute Gasteiger partial charge is 0.307 e. The van der Waals surface area contributed by atoms with Gasteiger partial charge in [-0.25, -0.2) is 4.98 Å². The first-order valence-electron chi connectivity index (χ1n) is 7.71. The van der Waals surface area contributed by atoms with Gasteiger partial charge in [-0.15, -0.1) is 11.3 Å². The molecule has 3 rings (SSSR count). The number of nitrogens with zero attached hydrogens (tertiary/aromatic N) is 2. The Kier molecular flexibility index (Phi) is 3.55. The van der Waals surface area contributed by atoms with Gasteiger partial charge in [-0.1, -0.05) is 20.8 Å². The summed E-state index contributed by atoms with van der Waals surface area (Å²) in [6, 6.07) is 0. The number of aromatic nitrogens is 1. The maximum Gasteiger partial charge on any atom is 0.307 e. The van der Waals surface area contributed by atoms with Gasteiger partial charge >= 0.3 is 5.97 Å². The molecule has 1 aliphatic carbocycles. The highest BCUT2D eigenvalue weighted by atomic mass is 32.1. The minimum absolute atomic E-state index is 0.0385.